The standard InChI is InChI=1S/C44H48F4N8O5/c1-8-54-17-19-55(20-18-54)26-31-12-13-32(23-34(31)44(46,47)48)50-38(58)22-28-9-14-35(45)29(21-28)10-11-30-25-49-41(52(6)27(2)57)51-39(30)37-24-33-36(53(37)7)15-16-56(40(33)59)42(60)61-43(3,4)5/h9,12-14,21,23-25H,8,15-20,22,26H2,1-7H3,(H,50,58). The first-order valence-electron chi connectivity index (χ1n) is 19.8. The van der Waals surface area contributed by atoms with Crippen LogP contribution in [0.4, 0.5) is 34.0 Å². The van der Waals surface area contributed by atoms with E-state index in [1.54, 1.807) is 38.5 Å². The second-order valence-electron chi connectivity index (χ2n) is 16.0. The Labute approximate surface area is 351 Å². The van der Waals surface area contributed by atoms with E-state index in [1.165, 1.54) is 49.3 Å². The number of benzene rings is 2. The van der Waals surface area contributed by atoms with Gasteiger partial charge in [0.1, 0.15) is 17.1 Å². The van der Waals surface area contributed by atoms with Gasteiger partial charge in [0.25, 0.3) is 5.91 Å². The topological polar surface area (TPSA) is 133 Å². The molecule has 0 atom stereocenters. The number of hydrogen-bond acceptors (Lipinski definition) is 9. The number of anilines is 2. The normalized spacial score (nSPS) is 14.9. The van der Waals surface area contributed by atoms with Crippen LogP contribution in [0.5, 0.6) is 0 Å². The largest absolute Gasteiger partial charge is 0.443 e. The summed E-state index contributed by atoms with van der Waals surface area (Å²) in [5.74, 6) is 3.50. The average molecular weight is 845 g/mol. The SMILES string of the molecule is CCN1CCN(Cc2ccc(NC(=O)Cc3ccc(F)c(C#Cc4cnc(N(C)C(C)=O)nc4-c4cc5c(n4C)CCN(C(=O)OC(C)(C)C)C5=O)c3)cc2C(F)(F)F)CC1. The first-order valence-corrected chi connectivity index (χ1v) is 19.8. The van der Waals surface area contributed by atoms with Crippen molar-refractivity contribution in [1.29, 1.82) is 0 Å². The summed E-state index contributed by atoms with van der Waals surface area (Å²) in [5, 5.41) is 2.55. The number of amides is 4. The lowest BCUT2D eigenvalue weighted by Crippen LogP contribution is -2.45. The van der Waals surface area contributed by atoms with Crippen LogP contribution >= 0.6 is 0 Å². The Morgan fingerprint density at radius 2 is 1.64 bits per heavy atom. The molecule has 2 aromatic heterocycles. The summed E-state index contributed by atoms with van der Waals surface area (Å²) < 4.78 is 65.0. The van der Waals surface area contributed by atoms with E-state index < -0.39 is 41.1 Å². The summed E-state index contributed by atoms with van der Waals surface area (Å²) >= 11 is 0. The minimum absolute atomic E-state index is 0.0213. The van der Waals surface area contributed by atoms with Crippen LogP contribution in [0.3, 0.4) is 0 Å². The van der Waals surface area contributed by atoms with Crippen molar-refractivity contribution in [3.63, 3.8) is 0 Å². The smallest absolute Gasteiger partial charge is 0.417 e. The predicted octanol–water partition coefficient (Wildman–Crippen LogP) is 6.27. The Morgan fingerprint density at radius 3 is 2.30 bits per heavy atom. The number of hydrogen-bond donors (Lipinski definition) is 1. The molecule has 2 aromatic carbocycles. The molecule has 6 rings (SSSR count). The minimum atomic E-state index is -4.64. The number of carbonyl (C=O) groups is 4. The number of carbonyl (C=O) groups excluding carboxylic acids is 4. The molecular weight excluding hydrogens is 797 g/mol. The van der Waals surface area contributed by atoms with E-state index >= 15 is 4.39 Å². The fourth-order valence-electron chi connectivity index (χ4n) is 7.14. The van der Waals surface area contributed by atoms with Gasteiger partial charge in [0.05, 0.1) is 34.4 Å². The lowest BCUT2D eigenvalue weighted by atomic mass is 10.0. The number of piperazine rings is 1. The second-order valence-corrected chi connectivity index (χ2v) is 16.0. The predicted molar refractivity (Wildman–Crippen MR) is 220 cm³/mol. The maximum Gasteiger partial charge on any atom is 0.417 e. The van der Waals surface area contributed by atoms with E-state index in [4.69, 9.17) is 4.74 Å². The van der Waals surface area contributed by atoms with Gasteiger partial charge < -0.3 is 19.5 Å². The van der Waals surface area contributed by atoms with E-state index in [0.29, 0.717) is 36.5 Å². The number of imide groups is 1. The van der Waals surface area contributed by atoms with Crippen LogP contribution in [0.25, 0.3) is 11.4 Å². The molecule has 17 heteroatoms. The fraction of sp³-hybridized carbons (Fsp3) is 0.409. The van der Waals surface area contributed by atoms with Crippen molar-refractivity contribution in [2.45, 2.75) is 65.8 Å². The molecule has 1 N–H and O–H groups in total. The molecule has 4 amide bonds. The summed E-state index contributed by atoms with van der Waals surface area (Å²) in [5.41, 5.74) is 0.443. The van der Waals surface area contributed by atoms with Crippen LogP contribution in [0.1, 0.15) is 78.5 Å². The number of alkyl halides is 3. The second kappa shape index (κ2) is 17.8. The van der Waals surface area contributed by atoms with Crippen LogP contribution in [-0.2, 0) is 46.9 Å². The Balaban J connectivity index is 1.24. The molecule has 2 aliphatic heterocycles. The number of nitrogens with one attached hydrogen (secondary N) is 1. The first-order chi connectivity index (χ1) is 28.7. The molecule has 61 heavy (non-hydrogen) atoms. The molecular formula is C44H48F4N8O5. The highest BCUT2D eigenvalue weighted by atomic mass is 19.4. The fourth-order valence-corrected chi connectivity index (χ4v) is 7.14. The number of aromatic nitrogens is 3. The molecule has 1 saturated heterocycles. The van der Waals surface area contributed by atoms with Crippen LogP contribution in [-0.4, -0.2) is 105 Å². The summed E-state index contributed by atoms with van der Waals surface area (Å²) in [6.07, 6.45) is -4.01. The quantitative estimate of drug-likeness (QED) is 0.161. The van der Waals surface area contributed by atoms with Gasteiger partial charge in [-0.2, -0.15) is 13.2 Å². The van der Waals surface area contributed by atoms with Gasteiger partial charge in [-0.05, 0) is 68.8 Å². The average Bonchev–Trinajstić information content (AvgIpc) is 3.54. The van der Waals surface area contributed by atoms with Gasteiger partial charge in [-0.15, -0.1) is 0 Å². The molecule has 0 saturated carbocycles. The van der Waals surface area contributed by atoms with E-state index in [9.17, 15) is 32.3 Å². The van der Waals surface area contributed by atoms with Gasteiger partial charge in [0, 0.05) is 84.3 Å². The molecule has 4 heterocycles. The number of halogens is 4. The molecule has 0 aliphatic carbocycles. The highest BCUT2D eigenvalue weighted by molar-refractivity contribution is 6.05. The maximum absolute atomic E-state index is 15.2. The van der Waals surface area contributed by atoms with Crippen LogP contribution in [0.2, 0.25) is 0 Å². The van der Waals surface area contributed by atoms with Gasteiger partial charge in [0.2, 0.25) is 17.8 Å². The summed E-state index contributed by atoms with van der Waals surface area (Å²) in [4.78, 5) is 67.3. The van der Waals surface area contributed by atoms with Gasteiger partial charge in [-0.25, -0.2) is 24.1 Å². The van der Waals surface area contributed by atoms with E-state index in [0.717, 1.165) is 36.7 Å². The Hall–Kier alpha value is -6.12. The minimum Gasteiger partial charge on any atom is -0.443 e. The molecule has 322 valence electrons. The third kappa shape index (κ3) is 10.4. The van der Waals surface area contributed by atoms with E-state index in [1.807, 2.05) is 11.8 Å². The number of rotatable bonds is 8. The third-order valence-electron chi connectivity index (χ3n) is 10.5. The molecule has 0 radical (unpaired) electrons. The van der Waals surface area contributed by atoms with Crippen molar-refractivity contribution in [1.82, 2.24) is 29.2 Å². The number of fused-ring (bicyclic) bond motifs is 1. The van der Waals surface area contributed by atoms with Crippen molar-refractivity contribution in [2.24, 2.45) is 7.05 Å². The Morgan fingerprint density at radius 1 is 0.951 bits per heavy atom. The zero-order valence-corrected chi connectivity index (χ0v) is 35.2. The van der Waals surface area contributed by atoms with E-state index in [2.05, 4.69) is 32.0 Å². The van der Waals surface area contributed by atoms with Gasteiger partial charge in [-0.3, -0.25) is 24.2 Å². The molecule has 0 unspecified atom stereocenters. The van der Waals surface area contributed by atoms with Gasteiger partial charge in [0.15, 0.2) is 0 Å². The third-order valence-corrected chi connectivity index (χ3v) is 10.5. The number of likely N-dealkylation sites (N-methyl/N-ethyl adjacent to an activating group) is 1. The van der Waals surface area contributed by atoms with Crippen LogP contribution < -0.4 is 10.2 Å². The lowest BCUT2D eigenvalue weighted by Gasteiger charge is -2.34. The van der Waals surface area contributed by atoms with E-state index in [-0.39, 0.29) is 65.0 Å². The van der Waals surface area contributed by atoms with Gasteiger partial charge in [-0.1, -0.05) is 30.9 Å². The highest BCUT2D eigenvalue weighted by Crippen LogP contribution is 2.35. The van der Waals surface area contributed by atoms with Crippen molar-refractivity contribution in [3.8, 4) is 23.2 Å². The van der Waals surface area contributed by atoms with Crippen molar-refractivity contribution in [3.05, 3.63) is 93.6 Å². The van der Waals surface area contributed by atoms with Crippen molar-refractivity contribution >= 4 is 35.5 Å². The monoisotopic (exact) mass is 844 g/mol. The van der Waals surface area contributed by atoms with Crippen LogP contribution in [0.15, 0.2) is 48.7 Å². The maximum atomic E-state index is 15.2. The zero-order valence-electron chi connectivity index (χ0n) is 35.2. The Kier molecular flexibility index (Phi) is 13.0. The summed E-state index contributed by atoms with van der Waals surface area (Å²) in [6.45, 7) is 12.5. The van der Waals surface area contributed by atoms with Crippen molar-refractivity contribution < 1.29 is 41.5 Å². The molecule has 0 bridgehead atoms. The van der Waals surface area contributed by atoms with Crippen LogP contribution in [0, 0.1) is 17.7 Å². The lowest BCUT2D eigenvalue weighted by molar-refractivity contribution is -0.138. The Bertz CT molecular complexity index is 2420. The number of nitrogens with zero attached hydrogens (tertiary/aromatic N) is 7. The molecule has 4 aromatic rings. The molecule has 1 fully saturated rings. The van der Waals surface area contributed by atoms with Crippen molar-refractivity contribution in [2.75, 3.05) is 56.5 Å². The number of ether oxygens (including phenoxy) is 1. The highest BCUT2D eigenvalue weighted by Gasteiger charge is 2.36. The first kappa shape index (κ1) is 44.4. The molecule has 2 aliphatic rings. The zero-order chi connectivity index (χ0) is 44.4. The summed E-state index contributed by atoms with van der Waals surface area (Å²) in [7, 11) is 3.21. The summed E-state index contributed by atoms with van der Waals surface area (Å²) in [6, 6.07) is 9.23. The molecule has 13 nitrogen and oxygen atoms in total. The van der Waals surface area contributed by atoms with Gasteiger partial charge >= 0.3 is 12.3 Å². The molecule has 0 spiro atoms.